The van der Waals surface area contributed by atoms with E-state index in [0.29, 0.717) is 24.9 Å². The largest absolute Gasteiger partial charge is 0.492 e. The van der Waals surface area contributed by atoms with Crippen molar-refractivity contribution in [2.24, 2.45) is 0 Å². The predicted molar refractivity (Wildman–Crippen MR) is 123 cm³/mol. The van der Waals surface area contributed by atoms with Crippen LogP contribution in [0.25, 0.3) is 0 Å². The van der Waals surface area contributed by atoms with Crippen LogP contribution in [0, 0.1) is 0 Å². The molecule has 2 aromatic carbocycles. The number of likely N-dealkylation sites (N-methyl/N-ethyl adjacent to an activating group) is 1. The monoisotopic (exact) mass is 434 g/mol. The summed E-state index contributed by atoms with van der Waals surface area (Å²) in [6.07, 6.45) is 3.31. The highest BCUT2D eigenvalue weighted by Gasteiger charge is 2.26. The molecule has 2 heterocycles. The van der Waals surface area contributed by atoms with Crippen molar-refractivity contribution in [3.8, 4) is 17.5 Å². The van der Waals surface area contributed by atoms with Crippen LogP contribution in [0.3, 0.4) is 0 Å². The zero-order valence-electron chi connectivity index (χ0n) is 18.9. The minimum absolute atomic E-state index is 0.336. The standard InChI is InChI=1S/C25H30N4O3/c1-25(30,18-28(2)3)21-7-10-23-20(15-21)17-29(13-14-31-23)16-19-5-8-22(9-6-19)32-24-26-11-4-12-27-24/h4-12,15,30H,13-14,16-18H2,1-3H3/t25-/m0/s1. The van der Waals surface area contributed by atoms with Crippen LogP contribution in [0.1, 0.15) is 23.6 Å². The van der Waals surface area contributed by atoms with Gasteiger partial charge in [0.1, 0.15) is 18.1 Å². The molecule has 3 aromatic rings. The minimum Gasteiger partial charge on any atom is -0.492 e. The lowest BCUT2D eigenvalue weighted by molar-refractivity contribution is 0.0299. The van der Waals surface area contributed by atoms with Gasteiger partial charge in [-0.25, -0.2) is 9.97 Å². The Labute approximate surface area is 189 Å². The molecule has 0 saturated heterocycles. The molecule has 0 radical (unpaired) electrons. The summed E-state index contributed by atoms with van der Waals surface area (Å²) in [6.45, 7) is 5.43. The van der Waals surface area contributed by atoms with Gasteiger partial charge in [0.15, 0.2) is 0 Å². The lowest BCUT2D eigenvalue weighted by Crippen LogP contribution is -2.34. The molecule has 0 aliphatic carbocycles. The molecule has 0 unspecified atom stereocenters. The predicted octanol–water partition coefficient (Wildman–Crippen LogP) is 3.43. The van der Waals surface area contributed by atoms with Crippen LogP contribution in [0.15, 0.2) is 60.9 Å². The van der Waals surface area contributed by atoms with E-state index in [2.05, 4.69) is 33.1 Å². The number of hydrogen-bond acceptors (Lipinski definition) is 7. The molecule has 7 heteroatoms. The van der Waals surface area contributed by atoms with Crippen LogP contribution in [-0.2, 0) is 18.7 Å². The van der Waals surface area contributed by atoms with Gasteiger partial charge in [0.25, 0.3) is 0 Å². The van der Waals surface area contributed by atoms with E-state index < -0.39 is 5.60 Å². The van der Waals surface area contributed by atoms with E-state index in [4.69, 9.17) is 9.47 Å². The first kappa shape index (κ1) is 22.2. The lowest BCUT2D eigenvalue weighted by atomic mass is 9.93. The third-order valence-corrected chi connectivity index (χ3v) is 5.45. The number of benzene rings is 2. The van der Waals surface area contributed by atoms with Crippen molar-refractivity contribution < 1.29 is 14.6 Å². The maximum absolute atomic E-state index is 10.9. The number of fused-ring (bicyclic) bond motifs is 1. The molecule has 0 amide bonds. The van der Waals surface area contributed by atoms with Crippen LogP contribution in [0.5, 0.6) is 17.5 Å². The lowest BCUT2D eigenvalue weighted by Gasteiger charge is -2.28. The summed E-state index contributed by atoms with van der Waals surface area (Å²) >= 11 is 0. The Morgan fingerprint density at radius 2 is 1.88 bits per heavy atom. The van der Waals surface area contributed by atoms with Gasteiger partial charge in [-0.15, -0.1) is 0 Å². The summed E-state index contributed by atoms with van der Waals surface area (Å²) in [5.74, 6) is 1.60. The van der Waals surface area contributed by atoms with Gasteiger partial charge in [0, 0.05) is 44.1 Å². The molecule has 32 heavy (non-hydrogen) atoms. The molecular weight excluding hydrogens is 404 g/mol. The first-order valence-corrected chi connectivity index (χ1v) is 10.8. The Morgan fingerprint density at radius 1 is 1.12 bits per heavy atom. The zero-order valence-corrected chi connectivity index (χ0v) is 18.9. The zero-order chi connectivity index (χ0) is 22.6. The normalized spacial score (nSPS) is 16.0. The molecule has 0 fully saturated rings. The second-order valence-corrected chi connectivity index (χ2v) is 8.67. The van der Waals surface area contributed by atoms with Crippen LogP contribution >= 0.6 is 0 Å². The summed E-state index contributed by atoms with van der Waals surface area (Å²) in [6, 6.07) is 16.1. The fraction of sp³-hybridized carbons (Fsp3) is 0.360. The van der Waals surface area contributed by atoms with Crippen LogP contribution in [0.4, 0.5) is 0 Å². The van der Waals surface area contributed by atoms with E-state index in [0.717, 1.165) is 36.5 Å². The number of nitrogens with zero attached hydrogens (tertiary/aromatic N) is 4. The fourth-order valence-electron chi connectivity index (χ4n) is 3.99. The van der Waals surface area contributed by atoms with Gasteiger partial charge in [-0.1, -0.05) is 18.2 Å². The van der Waals surface area contributed by atoms with Gasteiger partial charge in [-0.05, 0) is 62.5 Å². The van der Waals surface area contributed by atoms with Crippen molar-refractivity contribution in [2.45, 2.75) is 25.6 Å². The maximum atomic E-state index is 10.9. The first-order valence-electron chi connectivity index (χ1n) is 10.8. The van der Waals surface area contributed by atoms with E-state index in [9.17, 15) is 5.11 Å². The average molecular weight is 435 g/mol. The minimum atomic E-state index is -0.923. The van der Waals surface area contributed by atoms with E-state index in [1.165, 1.54) is 5.56 Å². The van der Waals surface area contributed by atoms with Crippen LogP contribution in [0.2, 0.25) is 0 Å². The number of rotatable bonds is 7. The van der Waals surface area contributed by atoms with Gasteiger partial charge in [-0.3, -0.25) is 4.90 Å². The maximum Gasteiger partial charge on any atom is 0.321 e. The SMILES string of the molecule is CN(C)C[C@](C)(O)c1ccc2c(c1)CN(Cc1ccc(Oc3ncccn3)cc1)CCO2. The van der Waals surface area contributed by atoms with E-state index in [1.54, 1.807) is 18.5 Å². The second kappa shape index (κ2) is 9.65. The van der Waals surface area contributed by atoms with Crippen LogP contribution < -0.4 is 9.47 Å². The molecule has 1 atom stereocenters. The highest BCUT2D eigenvalue weighted by atomic mass is 16.5. The third kappa shape index (κ3) is 5.62. The summed E-state index contributed by atoms with van der Waals surface area (Å²) in [4.78, 5) is 12.5. The Balaban J connectivity index is 1.44. The molecule has 1 aliphatic heterocycles. The molecule has 4 rings (SSSR count). The van der Waals surface area contributed by atoms with Crippen molar-refractivity contribution in [3.63, 3.8) is 0 Å². The number of ether oxygens (including phenoxy) is 2. The molecule has 0 saturated carbocycles. The van der Waals surface area contributed by atoms with Crippen molar-refractivity contribution in [2.75, 3.05) is 33.8 Å². The Morgan fingerprint density at radius 3 is 2.59 bits per heavy atom. The van der Waals surface area contributed by atoms with E-state index >= 15 is 0 Å². The Kier molecular flexibility index (Phi) is 6.69. The number of aliphatic hydroxyl groups is 1. The molecular formula is C25H30N4O3. The van der Waals surface area contributed by atoms with E-state index in [-0.39, 0.29) is 0 Å². The van der Waals surface area contributed by atoms with Gasteiger partial charge in [-0.2, -0.15) is 0 Å². The summed E-state index contributed by atoms with van der Waals surface area (Å²) < 4.78 is 11.7. The summed E-state index contributed by atoms with van der Waals surface area (Å²) in [5, 5.41) is 10.9. The smallest absolute Gasteiger partial charge is 0.321 e. The molecule has 7 nitrogen and oxygen atoms in total. The van der Waals surface area contributed by atoms with Gasteiger partial charge < -0.3 is 19.5 Å². The number of hydrogen-bond donors (Lipinski definition) is 1. The van der Waals surface area contributed by atoms with Crippen molar-refractivity contribution >= 4 is 0 Å². The van der Waals surface area contributed by atoms with Gasteiger partial charge >= 0.3 is 6.01 Å². The summed E-state index contributed by atoms with van der Waals surface area (Å²) in [7, 11) is 3.93. The topological polar surface area (TPSA) is 71.0 Å². The molecule has 1 aliphatic rings. The fourth-order valence-corrected chi connectivity index (χ4v) is 3.99. The van der Waals surface area contributed by atoms with Crippen LogP contribution in [-0.4, -0.2) is 58.7 Å². The molecule has 1 N–H and O–H groups in total. The highest BCUT2D eigenvalue weighted by Crippen LogP contribution is 2.30. The van der Waals surface area contributed by atoms with Crippen molar-refractivity contribution in [3.05, 3.63) is 77.6 Å². The van der Waals surface area contributed by atoms with Gasteiger partial charge in [0.2, 0.25) is 0 Å². The van der Waals surface area contributed by atoms with Crippen molar-refractivity contribution in [1.29, 1.82) is 0 Å². The van der Waals surface area contributed by atoms with E-state index in [1.807, 2.05) is 50.2 Å². The average Bonchev–Trinajstić information content (AvgIpc) is 2.96. The first-order chi connectivity index (χ1) is 15.4. The third-order valence-electron chi connectivity index (χ3n) is 5.45. The Bertz CT molecular complexity index is 1020. The second-order valence-electron chi connectivity index (χ2n) is 8.67. The summed E-state index contributed by atoms with van der Waals surface area (Å²) in [5.41, 5.74) is 2.26. The number of aromatic nitrogens is 2. The van der Waals surface area contributed by atoms with Crippen molar-refractivity contribution in [1.82, 2.24) is 19.8 Å². The van der Waals surface area contributed by atoms with Gasteiger partial charge in [0.05, 0.1) is 5.60 Å². The molecule has 0 bridgehead atoms. The quantitative estimate of drug-likeness (QED) is 0.611. The Hall–Kier alpha value is -3.00. The molecule has 168 valence electrons. The molecule has 1 aromatic heterocycles. The molecule has 0 spiro atoms. The highest BCUT2D eigenvalue weighted by molar-refractivity contribution is 5.40.